The largest absolute Gasteiger partial charge is 0.493 e. The molecule has 23 heavy (non-hydrogen) atoms. The number of benzene rings is 1. The minimum atomic E-state index is -3.02. The number of halogens is 2. The Kier molecular flexibility index (Phi) is 5.59. The molecule has 0 saturated carbocycles. The first-order valence-corrected chi connectivity index (χ1v) is 7.20. The van der Waals surface area contributed by atoms with Crippen molar-refractivity contribution in [1.29, 1.82) is 0 Å². The first-order chi connectivity index (χ1) is 11.0. The number of carbonyl (C=O) groups is 1. The quantitative estimate of drug-likeness (QED) is 0.891. The van der Waals surface area contributed by atoms with E-state index in [-0.39, 0.29) is 29.2 Å². The summed E-state index contributed by atoms with van der Waals surface area (Å²) in [7, 11) is 2.63. The molecule has 1 saturated heterocycles. The van der Waals surface area contributed by atoms with Crippen LogP contribution in [0.1, 0.15) is 17.3 Å². The van der Waals surface area contributed by atoms with Crippen LogP contribution in [0.3, 0.4) is 0 Å². The molecule has 6 nitrogen and oxygen atoms in total. The smallest absolute Gasteiger partial charge is 0.387 e. The highest BCUT2D eigenvalue weighted by molar-refractivity contribution is 5.96. The van der Waals surface area contributed by atoms with E-state index in [1.807, 2.05) is 6.92 Å². The number of hydrogen-bond acceptors (Lipinski definition) is 5. The van der Waals surface area contributed by atoms with E-state index >= 15 is 0 Å². The van der Waals surface area contributed by atoms with Crippen molar-refractivity contribution in [3.8, 4) is 17.2 Å². The highest BCUT2D eigenvalue weighted by atomic mass is 19.3. The Morgan fingerprint density at radius 2 is 1.91 bits per heavy atom. The van der Waals surface area contributed by atoms with E-state index < -0.39 is 6.61 Å². The van der Waals surface area contributed by atoms with Crippen molar-refractivity contribution in [2.24, 2.45) is 0 Å². The Hall–Kier alpha value is -2.09. The third-order valence-electron chi connectivity index (χ3n) is 3.68. The van der Waals surface area contributed by atoms with Crippen LogP contribution in [0.5, 0.6) is 17.2 Å². The number of piperazine rings is 1. The zero-order valence-corrected chi connectivity index (χ0v) is 13.3. The number of nitrogens with one attached hydrogen (secondary N) is 1. The average Bonchev–Trinajstić information content (AvgIpc) is 2.54. The first kappa shape index (κ1) is 17.3. The van der Waals surface area contributed by atoms with E-state index in [0.29, 0.717) is 25.2 Å². The Bertz CT molecular complexity index is 543. The molecule has 1 amide bonds. The Morgan fingerprint density at radius 3 is 2.39 bits per heavy atom. The minimum Gasteiger partial charge on any atom is -0.493 e. The summed E-state index contributed by atoms with van der Waals surface area (Å²) in [6.07, 6.45) is 0. The Balaban J connectivity index is 2.37. The molecule has 1 aliphatic heterocycles. The van der Waals surface area contributed by atoms with Gasteiger partial charge in [-0.25, -0.2) is 0 Å². The van der Waals surface area contributed by atoms with Crippen LogP contribution in [-0.2, 0) is 0 Å². The topological polar surface area (TPSA) is 60.0 Å². The van der Waals surface area contributed by atoms with Crippen molar-refractivity contribution in [2.45, 2.75) is 19.6 Å². The molecule has 0 radical (unpaired) electrons. The molecule has 8 heteroatoms. The van der Waals surface area contributed by atoms with Gasteiger partial charge in [-0.1, -0.05) is 0 Å². The minimum absolute atomic E-state index is 0.0239. The molecule has 1 atom stereocenters. The predicted molar refractivity (Wildman–Crippen MR) is 79.5 cm³/mol. The van der Waals surface area contributed by atoms with Crippen molar-refractivity contribution >= 4 is 5.91 Å². The van der Waals surface area contributed by atoms with E-state index in [1.54, 1.807) is 4.90 Å². The summed E-state index contributed by atoms with van der Waals surface area (Å²) < 4.78 is 39.7. The van der Waals surface area contributed by atoms with Gasteiger partial charge in [0.15, 0.2) is 11.5 Å². The second-order valence-corrected chi connectivity index (χ2v) is 5.14. The third-order valence-corrected chi connectivity index (χ3v) is 3.68. The van der Waals surface area contributed by atoms with Gasteiger partial charge in [0.05, 0.1) is 14.2 Å². The maximum absolute atomic E-state index is 12.7. The van der Waals surface area contributed by atoms with Crippen molar-refractivity contribution < 1.29 is 27.8 Å². The Morgan fingerprint density at radius 1 is 1.30 bits per heavy atom. The fourth-order valence-electron chi connectivity index (χ4n) is 2.52. The summed E-state index contributed by atoms with van der Waals surface area (Å²) in [6.45, 7) is 0.892. The van der Waals surface area contributed by atoms with E-state index in [4.69, 9.17) is 9.47 Å². The summed E-state index contributed by atoms with van der Waals surface area (Å²) in [4.78, 5) is 14.4. The third kappa shape index (κ3) is 3.82. The fourth-order valence-corrected chi connectivity index (χ4v) is 2.52. The number of rotatable bonds is 5. The molecule has 0 spiro atoms. The maximum atomic E-state index is 12.7. The van der Waals surface area contributed by atoms with Crippen molar-refractivity contribution in [3.63, 3.8) is 0 Å². The normalized spacial score (nSPS) is 18.0. The number of amides is 1. The monoisotopic (exact) mass is 330 g/mol. The molecule has 0 bridgehead atoms. The number of methoxy groups -OCH3 is 2. The van der Waals surface area contributed by atoms with Gasteiger partial charge in [-0.3, -0.25) is 4.79 Å². The van der Waals surface area contributed by atoms with Gasteiger partial charge >= 0.3 is 6.61 Å². The van der Waals surface area contributed by atoms with Crippen LogP contribution >= 0.6 is 0 Å². The summed E-state index contributed by atoms with van der Waals surface area (Å²) in [6, 6.07) is 2.81. The SMILES string of the molecule is COc1cc(C(=O)N2CCNCC2C)cc(OC)c1OC(F)F. The van der Waals surface area contributed by atoms with Gasteiger partial charge in [-0.15, -0.1) is 0 Å². The lowest BCUT2D eigenvalue weighted by Crippen LogP contribution is -2.52. The van der Waals surface area contributed by atoms with Crippen molar-refractivity contribution in [3.05, 3.63) is 17.7 Å². The van der Waals surface area contributed by atoms with E-state index in [2.05, 4.69) is 10.1 Å². The lowest BCUT2D eigenvalue weighted by molar-refractivity contribution is -0.0526. The molecule has 2 rings (SSSR count). The molecule has 1 heterocycles. The average molecular weight is 330 g/mol. The summed E-state index contributed by atoms with van der Waals surface area (Å²) in [5.74, 6) is -0.388. The molecular weight excluding hydrogens is 310 g/mol. The number of carbonyl (C=O) groups excluding carboxylic acids is 1. The van der Waals surface area contributed by atoms with Crippen LogP contribution in [0.4, 0.5) is 8.78 Å². The van der Waals surface area contributed by atoms with E-state index in [1.165, 1.54) is 26.4 Å². The summed E-state index contributed by atoms with van der Waals surface area (Å²) in [5.41, 5.74) is 0.300. The second kappa shape index (κ2) is 7.45. The van der Waals surface area contributed by atoms with Gasteiger partial charge in [0, 0.05) is 31.2 Å². The number of nitrogens with zero attached hydrogens (tertiary/aromatic N) is 1. The molecule has 1 aromatic carbocycles. The standard InChI is InChI=1S/C15H20F2N2O4/c1-9-8-18-4-5-19(9)14(20)10-6-11(21-2)13(23-15(16)17)12(7-10)22-3/h6-7,9,15,18H,4-5,8H2,1-3H3. The van der Waals surface area contributed by atoms with Crippen LogP contribution in [0.25, 0.3) is 0 Å². The molecule has 1 fully saturated rings. The molecule has 1 N–H and O–H groups in total. The van der Waals surface area contributed by atoms with Gasteiger partial charge in [0.2, 0.25) is 5.75 Å². The van der Waals surface area contributed by atoms with Crippen LogP contribution in [0, 0.1) is 0 Å². The van der Waals surface area contributed by atoms with E-state index in [0.717, 1.165) is 0 Å². The molecule has 1 unspecified atom stereocenters. The van der Waals surface area contributed by atoms with Crippen molar-refractivity contribution in [2.75, 3.05) is 33.9 Å². The fraction of sp³-hybridized carbons (Fsp3) is 0.533. The summed E-state index contributed by atoms with van der Waals surface area (Å²) in [5, 5.41) is 3.20. The lowest BCUT2D eigenvalue weighted by Gasteiger charge is -2.34. The van der Waals surface area contributed by atoms with Gasteiger partial charge in [0.25, 0.3) is 5.91 Å². The van der Waals surface area contributed by atoms with Gasteiger partial charge in [-0.05, 0) is 19.1 Å². The van der Waals surface area contributed by atoms with Crippen LogP contribution < -0.4 is 19.5 Å². The van der Waals surface area contributed by atoms with Crippen LogP contribution in [0.2, 0.25) is 0 Å². The zero-order chi connectivity index (χ0) is 17.0. The van der Waals surface area contributed by atoms with E-state index in [9.17, 15) is 13.6 Å². The Labute approximate surface area is 133 Å². The van der Waals surface area contributed by atoms with Gasteiger partial charge < -0.3 is 24.4 Å². The maximum Gasteiger partial charge on any atom is 0.387 e. The van der Waals surface area contributed by atoms with Crippen LogP contribution in [-0.4, -0.2) is 57.3 Å². The number of hydrogen-bond donors (Lipinski definition) is 1. The molecule has 0 aromatic heterocycles. The lowest BCUT2D eigenvalue weighted by atomic mass is 10.1. The molecular formula is C15H20F2N2O4. The van der Waals surface area contributed by atoms with Gasteiger partial charge in [0.1, 0.15) is 0 Å². The predicted octanol–water partition coefficient (Wildman–Crippen LogP) is 1.74. The molecule has 0 aliphatic carbocycles. The highest BCUT2D eigenvalue weighted by Gasteiger charge is 2.27. The molecule has 1 aromatic rings. The first-order valence-electron chi connectivity index (χ1n) is 7.20. The number of ether oxygens (including phenoxy) is 3. The second-order valence-electron chi connectivity index (χ2n) is 5.14. The molecule has 128 valence electrons. The van der Waals surface area contributed by atoms with Crippen LogP contribution in [0.15, 0.2) is 12.1 Å². The summed E-state index contributed by atoms with van der Waals surface area (Å²) >= 11 is 0. The van der Waals surface area contributed by atoms with Crippen molar-refractivity contribution in [1.82, 2.24) is 10.2 Å². The van der Waals surface area contributed by atoms with Gasteiger partial charge in [-0.2, -0.15) is 8.78 Å². The molecule has 1 aliphatic rings. The zero-order valence-electron chi connectivity index (χ0n) is 13.3. The number of alkyl halides is 2. The highest BCUT2D eigenvalue weighted by Crippen LogP contribution is 2.39.